The highest BCUT2D eigenvalue weighted by molar-refractivity contribution is 6.29. The number of hydrogen-bond acceptors (Lipinski definition) is 3. The van der Waals surface area contributed by atoms with Gasteiger partial charge in [0.1, 0.15) is 5.92 Å². The van der Waals surface area contributed by atoms with Gasteiger partial charge in [-0.25, -0.2) is 0 Å². The van der Waals surface area contributed by atoms with E-state index >= 15 is 0 Å². The number of aryl methyl sites for hydroxylation is 1. The van der Waals surface area contributed by atoms with Crippen LogP contribution in [0.25, 0.3) is 6.08 Å². The first kappa shape index (κ1) is 15.9. The van der Waals surface area contributed by atoms with Crippen molar-refractivity contribution in [2.75, 3.05) is 0 Å². The molecule has 24 heavy (non-hydrogen) atoms. The first-order chi connectivity index (χ1) is 11.5. The van der Waals surface area contributed by atoms with Gasteiger partial charge in [-0.3, -0.25) is 14.4 Å². The van der Waals surface area contributed by atoms with E-state index in [0.29, 0.717) is 5.56 Å². The molecule has 4 nitrogen and oxygen atoms in total. The number of benzene rings is 2. The summed E-state index contributed by atoms with van der Waals surface area (Å²) in [4.78, 5) is 36.9. The zero-order valence-corrected chi connectivity index (χ0v) is 13.2. The minimum atomic E-state index is -1.46. The Bertz CT molecular complexity index is 859. The molecule has 0 heterocycles. The van der Waals surface area contributed by atoms with E-state index in [4.69, 9.17) is 0 Å². The quantitative estimate of drug-likeness (QED) is 0.695. The second-order valence-corrected chi connectivity index (χ2v) is 5.71. The topological polar surface area (TPSA) is 71.4 Å². The van der Waals surface area contributed by atoms with Gasteiger partial charge in [0.2, 0.25) is 0 Å². The molecule has 0 spiro atoms. The van der Waals surface area contributed by atoms with Crippen molar-refractivity contribution in [1.82, 2.24) is 0 Å². The van der Waals surface area contributed by atoms with E-state index in [9.17, 15) is 19.5 Å². The highest BCUT2D eigenvalue weighted by Gasteiger charge is 2.41. The average molecular weight is 320 g/mol. The second-order valence-electron chi connectivity index (χ2n) is 5.71. The van der Waals surface area contributed by atoms with Crippen LogP contribution in [0.3, 0.4) is 0 Å². The van der Waals surface area contributed by atoms with Gasteiger partial charge < -0.3 is 5.11 Å². The van der Waals surface area contributed by atoms with E-state index in [1.54, 1.807) is 18.2 Å². The molecule has 0 radical (unpaired) electrons. The lowest BCUT2D eigenvalue weighted by atomic mass is 9.77. The Morgan fingerprint density at radius 2 is 1.67 bits per heavy atom. The summed E-state index contributed by atoms with van der Waals surface area (Å²) in [6.45, 7) is 2.04. The molecule has 0 saturated heterocycles. The summed E-state index contributed by atoms with van der Waals surface area (Å²) in [5, 5.41) is 9.47. The molecule has 0 aliphatic heterocycles. The van der Waals surface area contributed by atoms with Gasteiger partial charge in [0.05, 0.1) is 0 Å². The van der Waals surface area contributed by atoms with Crippen LogP contribution in [-0.4, -0.2) is 22.6 Å². The molecule has 1 N–H and O–H groups in total. The molecule has 3 rings (SSSR count). The molecule has 0 aromatic heterocycles. The Morgan fingerprint density at radius 1 is 1.04 bits per heavy atom. The van der Waals surface area contributed by atoms with Gasteiger partial charge in [-0.15, -0.1) is 0 Å². The summed E-state index contributed by atoms with van der Waals surface area (Å²) in [7, 11) is 0. The fourth-order valence-electron chi connectivity index (χ4n) is 2.90. The number of hydrogen-bond donors (Lipinski definition) is 1. The maximum absolute atomic E-state index is 12.7. The van der Waals surface area contributed by atoms with E-state index in [2.05, 4.69) is 0 Å². The third kappa shape index (κ3) is 2.67. The van der Waals surface area contributed by atoms with Gasteiger partial charge in [0.15, 0.2) is 11.6 Å². The summed E-state index contributed by atoms with van der Waals surface area (Å²) < 4.78 is 0. The summed E-state index contributed by atoms with van der Waals surface area (Å²) in [5.41, 5.74) is 2.29. The molecule has 0 amide bonds. The summed E-state index contributed by atoms with van der Waals surface area (Å²) in [6, 6.07) is 13.8. The largest absolute Gasteiger partial charge is 0.480 e. The molecule has 0 unspecified atom stereocenters. The average Bonchev–Trinajstić information content (AvgIpc) is 2.60. The van der Waals surface area contributed by atoms with E-state index in [1.165, 1.54) is 12.1 Å². The van der Waals surface area contributed by atoms with Crippen LogP contribution in [-0.2, 0) is 11.2 Å². The van der Waals surface area contributed by atoms with Crippen LogP contribution in [0.2, 0.25) is 0 Å². The van der Waals surface area contributed by atoms with Crippen LogP contribution in [0.15, 0.2) is 54.1 Å². The number of carbonyl (C=O) groups is 3. The zero-order chi connectivity index (χ0) is 17.3. The number of aliphatic carboxylic acids is 1. The number of carbonyl (C=O) groups excluding carboxylic acids is 2. The van der Waals surface area contributed by atoms with Crippen LogP contribution in [0.5, 0.6) is 0 Å². The smallest absolute Gasteiger partial charge is 0.319 e. The van der Waals surface area contributed by atoms with Crippen LogP contribution >= 0.6 is 0 Å². The molecule has 2 aromatic carbocycles. The van der Waals surface area contributed by atoms with E-state index in [1.807, 2.05) is 31.2 Å². The van der Waals surface area contributed by atoms with E-state index < -0.39 is 23.5 Å². The molecule has 120 valence electrons. The number of carboxylic acid groups (broad SMARTS) is 1. The zero-order valence-electron chi connectivity index (χ0n) is 13.2. The van der Waals surface area contributed by atoms with Crippen LogP contribution in [0.4, 0.5) is 0 Å². The summed E-state index contributed by atoms with van der Waals surface area (Å²) in [5.74, 6) is -3.72. The highest BCUT2D eigenvalue weighted by atomic mass is 16.4. The lowest BCUT2D eigenvalue weighted by Crippen LogP contribution is -2.35. The molecule has 1 aliphatic rings. The molecule has 0 fully saturated rings. The number of Topliss-reactive ketones (excluding diaryl/α,β-unsaturated/α-hetero) is 2. The monoisotopic (exact) mass is 320 g/mol. The molecular weight excluding hydrogens is 304 g/mol. The van der Waals surface area contributed by atoms with Gasteiger partial charge in [0.25, 0.3) is 0 Å². The minimum Gasteiger partial charge on any atom is -0.480 e. The standard InChI is InChI=1S/C20H16O4/c1-2-12-7-9-13(10-8-12)11-16-17(20(23)24)19(22)15-6-4-3-5-14(15)18(16)21/h3-11,17H,2H2,1H3,(H,23,24)/t17-/m1/s1. The Hall–Kier alpha value is -3.01. The van der Waals surface area contributed by atoms with Gasteiger partial charge in [-0.1, -0.05) is 55.5 Å². The fourth-order valence-corrected chi connectivity index (χ4v) is 2.90. The van der Waals surface area contributed by atoms with Crippen molar-refractivity contribution >= 4 is 23.6 Å². The van der Waals surface area contributed by atoms with Crippen LogP contribution in [0, 0.1) is 5.92 Å². The van der Waals surface area contributed by atoms with Gasteiger partial charge in [-0.05, 0) is 23.6 Å². The second kappa shape index (κ2) is 6.24. The van der Waals surface area contributed by atoms with E-state index in [-0.39, 0.29) is 16.7 Å². The molecule has 2 aromatic rings. The van der Waals surface area contributed by atoms with Crippen molar-refractivity contribution in [3.8, 4) is 0 Å². The molecule has 1 aliphatic carbocycles. The van der Waals surface area contributed by atoms with Gasteiger partial charge >= 0.3 is 5.97 Å². The van der Waals surface area contributed by atoms with Crippen molar-refractivity contribution in [3.05, 3.63) is 76.4 Å². The minimum absolute atomic E-state index is 0.00967. The normalized spacial score (nSPS) is 18.5. The number of ketones is 2. The SMILES string of the molecule is CCc1ccc(C=C2C(=O)c3ccccc3C(=O)[C@@H]2C(=O)O)cc1. The maximum atomic E-state index is 12.7. The highest BCUT2D eigenvalue weighted by Crippen LogP contribution is 2.31. The summed E-state index contributed by atoms with van der Waals surface area (Å²) in [6.07, 6.45) is 2.40. The Balaban J connectivity index is 2.13. The van der Waals surface area contributed by atoms with Gasteiger partial charge in [0, 0.05) is 16.7 Å². The lowest BCUT2D eigenvalue weighted by molar-refractivity contribution is -0.138. The maximum Gasteiger partial charge on any atom is 0.319 e. The molecule has 0 saturated carbocycles. The summed E-state index contributed by atoms with van der Waals surface area (Å²) >= 11 is 0. The van der Waals surface area contributed by atoms with Crippen molar-refractivity contribution in [1.29, 1.82) is 0 Å². The van der Waals surface area contributed by atoms with Gasteiger partial charge in [-0.2, -0.15) is 0 Å². The number of carboxylic acids is 1. The molecular formula is C20H16O4. The third-order valence-corrected chi connectivity index (χ3v) is 4.23. The molecule has 1 atom stereocenters. The Kier molecular flexibility index (Phi) is 4.13. The first-order valence-electron chi connectivity index (χ1n) is 7.74. The van der Waals surface area contributed by atoms with Crippen molar-refractivity contribution < 1.29 is 19.5 Å². The number of fused-ring (bicyclic) bond motifs is 1. The number of rotatable bonds is 3. The van der Waals surface area contributed by atoms with Crippen LogP contribution in [0.1, 0.15) is 38.8 Å². The molecule has 4 heteroatoms. The van der Waals surface area contributed by atoms with E-state index in [0.717, 1.165) is 12.0 Å². The third-order valence-electron chi connectivity index (χ3n) is 4.23. The van der Waals surface area contributed by atoms with Crippen molar-refractivity contribution in [3.63, 3.8) is 0 Å². The molecule has 0 bridgehead atoms. The van der Waals surface area contributed by atoms with Crippen molar-refractivity contribution in [2.45, 2.75) is 13.3 Å². The predicted octanol–water partition coefficient (Wildman–Crippen LogP) is 3.41. The Labute approximate surface area is 139 Å². The Morgan fingerprint density at radius 3 is 2.25 bits per heavy atom. The van der Waals surface area contributed by atoms with Crippen molar-refractivity contribution in [2.24, 2.45) is 5.92 Å². The lowest BCUT2D eigenvalue weighted by Gasteiger charge is -2.22. The van der Waals surface area contributed by atoms with Crippen LogP contribution < -0.4 is 0 Å². The fraction of sp³-hybridized carbons (Fsp3) is 0.150. The first-order valence-corrected chi connectivity index (χ1v) is 7.74. The predicted molar refractivity (Wildman–Crippen MR) is 90.0 cm³/mol.